The molecule has 0 aliphatic heterocycles. The van der Waals surface area contributed by atoms with E-state index in [9.17, 15) is 0 Å². The third-order valence-corrected chi connectivity index (χ3v) is 4.02. The summed E-state index contributed by atoms with van der Waals surface area (Å²) in [5.74, 6) is 0.640. The minimum absolute atomic E-state index is 0.417. The van der Waals surface area contributed by atoms with E-state index in [1.807, 2.05) is 0 Å². The van der Waals surface area contributed by atoms with Gasteiger partial charge in [-0.05, 0) is 60.4 Å². The van der Waals surface area contributed by atoms with Crippen molar-refractivity contribution in [3.05, 3.63) is 33.8 Å². The van der Waals surface area contributed by atoms with E-state index in [1.54, 1.807) is 0 Å². The molecule has 2 rings (SSSR count). The zero-order chi connectivity index (χ0) is 11.8. The molecule has 0 amide bonds. The molecule has 2 heteroatoms. The minimum atomic E-state index is 0.417. The first-order valence-corrected chi connectivity index (χ1v) is 6.79. The maximum atomic E-state index is 5.73. The lowest BCUT2D eigenvalue weighted by molar-refractivity contribution is 0.275. The van der Waals surface area contributed by atoms with Gasteiger partial charge in [-0.1, -0.05) is 35.8 Å². The maximum absolute atomic E-state index is 5.73. The highest BCUT2D eigenvalue weighted by atomic mass is 79.9. The molecule has 2 N–H and O–H groups in total. The van der Waals surface area contributed by atoms with E-state index in [-0.39, 0.29) is 0 Å². The fourth-order valence-electron chi connectivity index (χ4n) is 2.93. The number of benzene rings is 1. The van der Waals surface area contributed by atoms with Crippen LogP contribution in [0.2, 0.25) is 0 Å². The van der Waals surface area contributed by atoms with Gasteiger partial charge < -0.3 is 5.73 Å². The van der Waals surface area contributed by atoms with E-state index < -0.39 is 0 Å². The molecule has 0 saturated heterocycles. The highest BCUT2D eigenvalue weighted by molar-refractivity contribution is 9.10. The van der Waals surface area contributed by atoms with Gasteiger partial charge in [0.05, 0.1) is 0 Å². The van der Waals surface area contributed by atoms with Gasteiger partial charge in [0.1, 0.15) is 0 Å². The van der Waals surface area contributed by atoms with Gasteiger partial charge in [0.2, 0.25) is 0 Å². The molecule has 1 aliphatic carbocycles. The van der Waals surface area contributed by atoms with Crippen LogP contribution in [0, 0.1) is 5.41 Å². The molecule has 1 aromatic carbocycles. The second-order valence-electron chi connectivity index (χ2n) is 5.66. The number of hydrogen-bond acceptors (Lipinski definition) is 1. The van der Waals surface area contributed by atoms with Crippen molar-refractivity contribution in [1.29, 1.82) is 0 Å². The van der Waals surface area contributed by atoms with Crippen LogP contribution >= 0.6 is 15.9 Å². The van der Waals surface area contributed by atoms with E-state index in [0.717, 1.165) is 13.0 Å². The monoisotopic (exact) mass is 281 g/mol. The molecule has 16 heavy (non-hydrogen) atoms. The van der Waals surface area contributed by atoms with E-state index >= 15 is 0 Å². The van der Waals surface area contributed by atoms with E-state index in [4.69, 9.17) is 5.73 Å². The minimum Gasteiger partial charge on any atom is -0.330 e. The Hall–Kier alpha value is -0.340. The summed E-state index contributed by atoms with van der Waals surface area (Å²) in [5, 5.41) is 0. The zero-order valence-corrected chi connectivity index (χ0v) is 11.7. The molecule has 1 aliphatic rings. The number of nitrogens with two attached hydrogens (primary N) is 1. The summed E-state index contributed by atoms with van der Waals surface area (Å²) in [6.07, 6.45) is 3.55. The number of halogens is 1. The molecule has 0 aromatic heterocycles. The van der Waals surface area contributed by atoms with Crippen molar-refractivity contribution in [2.45, 2.75) is 39.0 Å². The van der Waals surface area contributed by atoms with Crippen molar-refractivity contribution in [1.82, 2.24) is 0 Å². The second-order valence-corrected chi connectivity index (χ2v) is 6.58. The van der Waals surface area contributed by atoms with Gasteiger partial charge >= 0.3 is 0 Å². The average Bonchev–Trinajstić information content (AvgIpc) is 2.18. The highest BCUT2D eigenvalue weighted by Gasteiger charge is 2.31. The van der Waals surface area contributed by atoms with E-state index in [1.165, 1.54) is 28.4 Å². The molecule has 0 heterocycles. The predicted octanol–water partition coefficient (Wildman–Crippen LogP) is 3.85. The van der Waals surface area contributed by atoms with Crippen LogP contribution in [0.15, 0.2) is 22.7 Å². The molecule has 0 bridgehead atoms. The number of rotatable bonds is 2. The zero-order valence-electron chi connectivity index (χ0n) is 10.1. The number of hydrogen-bond donors (Lipinski definition) is 1. The molecule has 0 saturated carbocycles. The smallest absolute Gasteiger partial charge is 0.0178 e. The molecule has 0 spiro atoms. The average molecular weight is 282 g/mol. The summed E-state index contributed by atoms with van der Waals surface area (Å²) in [6.45, 7) is 5.51. The molecule has 1 nitrogen and oxygen atoms in total. The van der Waals surface area contributed by atoms with Crippen molar-refractivity contribution in [2.75, 3.05) is 6.54 Å². The standard InChI is InChI=1S/C14H20BrN/c1-14(2)8-10-3-4-12(15)7-13(10)11(9-14)5-6-16/h3-4,7,11H,5-6,8-9,16H2,1-2H3. The van der Waals surface area contributed by atoms with Crippen molar-refractivity contribution in [3.63, 3.8) is 0 Å². The topological polar surface area (TPSA) is 26.0 Å². The lowest BCUT2D eigenvalue weighted by atomic mass is 9.68. The Morgan fingerprint density at radius 2 is 2.19 bits per heavy atom. The largest absolute Gasteiger partial charge is 0.330 e. The van der Waals surface area contributed by atoms with E-state index in [2.05, 4.69) is 48.0 Å². The van der Waals surface area contributed by atoms with Crippen LogP contribution in [0.4, 0.5) is 0 Å². The molecule has 0 fully saturated rings. The second kappa shape index (κ2) is 4.50. The Labute approximate surface area is 107 Å². The Bertz CT molecular complexity index is 384. The first-order chi connectivity index (χ1) is 7.52. The quantitative estimate of drug-likeness (QED) is 0.876. The van der Waals surface area contributed by atoms with Crippen LogP contribution in [0.25, 0.3) is 0 Å². The van der Waals surface area contributed by atoms with Crippen molar-refractivity contribution < 1.29 is 0 Å². The van der Waals surface area contributed by atoms with Crippen LogP contribution in [0.1, 0.15) is 43.7 Å². The maximum Gasteiger partial charge on any atom is 0.0178 e. The Balaban J connectivity index is 2.39. The Kier molecular flexibility index (Phi) is 3.41. The third-order valence-electron chi connectivity index (χ3n) is 3.53. The molecular weight excluding hydrogens is 262 g/mol. The third kappa shape index (κ3) is 2.49. The molecule has 88 valence electrons. The molecule has 1 atom stereocenters. The molecule has 1 unspecified atom stereocenters. The normalized spacial score (nSPS) is 22.9. The van der Waals surface area contributed by atoms with Crippen LogP contribution < -0.4 is 5.73 Å². The highest BCUT2D eigenvalue weighted by Crippen LogP contribution is 2.43. The van der Waals surface area contributed by atoms with Gasteiger partial charge in [0.15, 0.2) is 0 Å². The van der Waals surface area contributed by atoms with Crippen molar-refractivity contribution in [2.24, 2.45) is 11.1 Å². The lowest BCUT2D eigenvalue weighted by Crippen LogP contribution is -2.26. The van der Waals surface area contributed by atoms with Crippen LogP contribution in [-0.2, 0) is 6.42 Å². The van der Waals surface area contributed by atoms with Gasteiger partial charge in [-0.15, -0.1) is 0 Å². The van der Waals surface area contributed by atoms with Crippen molar-refractivity contribution in [3.8, 4) is 0 Å². The molecular formula is C14H20BrN. The van der Waals surface area contributed by atoms with Gasteiger partial charge in [0, 0.05) is 4.47 Å². The van der Waals surface area contributed by atoms with Crippen LogP contribution in [-0.4, -0.2) is 6.54 Å². The fourth-order valence-corrected chi connectivity index (χ4v) is 3.31. The lowest BCUT2D eigenvalue weighted by Gasteiger charge is -2.37. The summed E-state index contributed by atoms with van der Waals surface area (Å²) in [4.78, 5) is 0. The van der Waals surface area contributed by atoms with Gasteiger partial charge in [-0.3, -0.25) is 0 Å². The van der Waals surface area contributed by atoms with Gasteiger partial charge in [-0.2, -0.15) is 0 Å². The summed E-state index contributed by atoms with van der Waals surface area (Å²) < 4.78 is 1.19. The van der Waals surface area contributed by atoms with Crippen molar-refractivity contribution >= 4 is 15.9 Å². The summed E-state index contributed by atoms with van der Waals surface area (Å²) >= 11 is 3.57. The molecule has 0 radical (unpaired) electrons. The predicted molar refractivity (Wildman–Crippen MR) is 72.7 cm³/mol. The number of fused-ring (bicyclic) bond motifs is 1. The summed E-state index contributed by atoms with van der Waals surface area (Å²) in [5.41, 5.74) is 9.17. The van der Waals surface area contributed by atoms with Crippen LogP contribution in [0.3, 0.4) is 0 Å². The Morgan fingerprint density at radius 3 is 2.88 bits per heavy atom. The summed E-state index contributed by atoms with van der Waals surface area (Å²) in [7, 11) is 0. The van der Waals surface area contributed by atoms with Crippen LogP contribution in [0.5, 0.6) is 0 Å². The van der Waals surface area contributed by atoms with Gasteiger partial charge in [0.25, 0.3) is 0 Å². The SMILES string of the molecule is CC1(C)Cc2ccc(Br)cc2C(CCN)C1. The molecule has 1 aromatic rings. The Morgan fingerprint density at radius 1 is 1.44 bits per heavy atom. The van der Waals surface area contributed by atoms with E-state index in [0.29, 0.717) is 11.3 Å². The first kappa shape index (κ1) is 12.1. The van der Waals surface area contributed by atoms with Gasteiger partial charge in [-0.25, -0.2) is 0 Å². The summed E-state index contributed by atoms with van der Waals surface area (Å²) in [6, 6.07) is 6.70. The first-order valence-electron chi connectivity index (χ1n) is 6.00. The fraction of sp³-hybridized carbons (Fsp3) is 0.571.